The molecule has 0 unspecified atom stereocenters. The molecule has 2 N–H and O–H groups in total. The monoisotopic (exact) mass is 410 g/mol. The third-order valence-electron chi connectivity index (χ3n) is 4.00. The molecule has 2 heterocycles. The van der Waals surface area contributed by atoms with E-state index in [1.807, 2.05) is 0 Å². The Kier molecular flexibility index (Phi) is 5.54. The summed E-state index contributed by atoms with van der Waals surface area (Å²) in [6, 6.07) is 5.98. The molecule has 0 amide bonds. The zero-order chi connectivity index (χ0) is 19.6. The highest BCUT2D eigenvalue weighted by molar-refractivity contribution is 7.88. The molecule has 2 aromatic rings. The molecule has 3 rings (SSSR count). The summed E-state index contributed by atoms with van der Waals surface area (Å²) >= 11 is 5.81. The van der Waals surface area contributed by atoms with Crippen molar-refractivity contribution in [1.82, 2.24) is 9.71 Å². The number of hydrogen-bond donors (Lipinski definition) is 2. The van der Waals surface area contributed by atoms with E-state index in [1.165, 1.54) is 18.3 Å². The van der Waals surface area contributed by atoms with Gasteiger partial charge >= 0.3 is 0 Å². The smallest absolute Gasteiger partial charge is 0.209 e. The summed E-state index contributed by atoms with van der Waals surface area (Å²) in [5, 5.41) is 12.9. The van der Waals surface area contributed by atoms with Crippen LogP contribution in [-0.2, 0) is 22.9 Å². The maximum Gasteiger partial charge on any atom is 0.209 e. The average Bonchev–Trinajstić information content (AvgIpc) is 3.03. The lowest BCUT2D eigenvalue weighted by Gasteiger charge is -2.10. The number of halogens is 2. The van der Waals surface area contributed by atoms with Crippen LogP contribution in [0.5, 0.6) is 0 Å². The summed E-state index contributed by atoms with van der Waals surface area (Å²) in [7, 11) is -3.34. The molecule has 1 aliphatic rings. The fraction of sp³-hybridized carbons (Fsp3) is 0.235. The van der Waals surface area contributed by atoms with Crippen molar-refractivity contribution in [3.8, 4) is 0 Å². The molecule has 0 bridgehead atoms. The topological polar surface area (TPSA) is 104 Å². The molecule has 0 radical (unpaired) electrons. The van der Waals surface area contributed by atoms with E-state index in [-0.39, 0.29) is 18.0 Å². The van der Waals surface area contributed by atoms with Crippen molar-refractivity contribution in [3.63, 3.8) is 0 Å². The molecular weight excluding hydrogens is 395 g/mol. The molecule has 7 nitrogen and oxygen atoms in total. The number of sulfonamides is 1. The first-order valence-corrected chi connectivity index (χ1v) is 10.2. The van der Waals surface area contributed by atoms with E-state index in [4.69, 9.17) is 11.6 Å². The molecule has 10 heteroatoms. The molecule has 1 aromatic carbocycles. The van der Waals surface area contributed by atoms with Gasteiger partial charge in [0, 0.05) is 42.4 Å². The van der Waals surface area contributed by atoms with Gasteiger partial charge in [-0.25, -0.2) is 27.5 Å². The van der Waals surface area contributed by atoms with Crippen LogP contribution in [-0.4, -0.2) is 42.8 Å². The Balaban J connectivity index is 1.83. The minimum atomic E-state index is -3.34. The SMILES string of the molecule is CS(=O)(=O)NCC1=Nc2nccc(/C(Cc3ccc(F)c(Cl)c3)=N/O)c2C1. The zero-order valence-corrected chi connectivity index (χ0v) is 15.9. The van der Waals surface area contributed by atoms with Gasteiger partial charge in [0.15, 0.2) is 5.82 Å². The summed E-state index contributed by atoms with van der Waals surface area (Å²) < 4.78 is 38.3. The number of oxime groups is 1. The van der Waals surface area contributed by atoms with Gasteiger partial charge in [-0.1, -0.05) is 22.8 Å². The third kappa shape index (κ3) is 4.68. The van der Waals surface area contributed by atoms with Crippen molar-refractivity contribution in [3.05, 3.63) is 58.0 Å². The highest BCUT2D eigenvalue weighted by Gasteiger charge is 2.22. The molecule has 0 fully saturated rings. The lowest BCUT2D eigenvalue weighted by molar-refractivity contribution is 0.318. The highest BCUT2D eigenvalue weighted by atomic mass is 35.5. The summed E-state index contributed by atoms with van der Waals surface area (Å²) in [6.45, 7) is 0.0772. The first-order chi connectivity index (χ1) is 12.8. The summed E-state index contributed by atoms with van der Waals surface area (Å²) in [5.74, 6) is -0.0692. The Bertz CT molecular complexity index is 1050. The van der Waals surface area contributed by atoms with E-state index >= 15 is 0 Å². The van der Waals surface area contributed by atoms with Gasteiger partial charge in [-0.05, 0) is 23.8 Å². The Morgan fingerprint density at radius 2 is 2.19 bits per heavy atom. The third-order valence-corrected chi connectivity index (χ3v) is 4.96. The van der Waals surface area contributed by atoms with Crippen molar-refractivity contribution < 1.29 is 18.0 Å². The fourth-order valence-electron chi connectivity index (χ4n) is 2.76. The van der Waals surface area contributed by atoms with E-state index in [1.54, 1.807) is 12.1 Å². The standard InChI is InChI=1S/C17H16ClFN4O3S/c1-27(25,26)21-9-11-8-13-12(4-5-20-17(13)22-11)16(23-24)7-10-2-3-15(19)14(18)6-10/h2-6,21,24H,7-9H2,1H3/b23-16+. The van der Waals surface area contributed by atoms with Crippen molar-refractivity contribution in [2.24, 2.45) is 10.1 Å². The Labute approximate surface area is 160 Å². The number of nitrogens with one attached hydrogen (secondary N) is 1. The van der Waals surface area contributed by atoms with Gasteiger partial charge in [0.05, 0.1) is 17.0 Å². The van der Waals surface area contributed by atoms with Crippen LogP contribution in [0.4, 0.5) is 10.2 Å². The van der Waals surface area contributed by atoms with Crippen molar-refractivity contribution in [2.75, 3.05) is 12.8 Å². The second kappa shape index (κ2) is 7.71. The summed E-state index contributed by atoms with van der Waals surface area (Å²) in [5.41, 5.74) is 3.02. The van der Waals surface area contributed by atoms with E-state index in [9.17, 15) is 18.0 Å². The Morgan fingerprint density at radius 1 is 1.41 bits per heavy atom. The van der Waals surface area contributed by atoms with E-state index < -0.39 is 15.8 Å². The molecular formula is C17H16ClFN4O3S. The Hall–Kier alpha value is -2.36. The number of pyridine rings is 1. The second-order valence-corrected chi connectivity index (χ2v) is 8.32. The molecule has 0 aliphatic carbocycles. The summed E-state index contributed by atoms with van der Waals surface area (Å²) in [6.07, 6.45) is 3.21. The van der Waals surface area contributed by atoms with Crippen LogP contribution in [0.3, 0.4) is 0 Å². The first kappa shape index (κ1) is 19.4. The van der Waals surface area contributed by atoms with E-state index in [2.05, 4.69) is 19.9 Å². The number of rotatable bonds is 6. The van der Waals surface area contributed by atoms with E-state index in [0.29, 0.717) is 34.8 Å². The molecule has 0 saturated heterocycles. The average molecular weight is 411 g/mol. The van der Waals surface area contributed by atoms with E-state index in [0.717, 1.165) is 11.8 Å². The summed E-state index contributed by atoms with van der Waals surface area (Å²) in [4.78, 5) is 8.53. The minimum Gasteiger partial charge on any atom is -0.411 e. The predicted octanol–water partition coefficient (Wildman–Crippen LogP) is 2.47. The van der Waals surface area contributed by atoms with Crippen molar-refractivity contribution in [1.29, 1.82) is 0 Å². The lowest BCUT2D eigenvalue weighted by Crippen LogP contribution is -2.28. The molecule has 0 atom stereocenters. The predicted molar refractivity (Wildman–Crippen MR) is 101 cm³/mol. The van der Waals surface area contributed by atoms with Crippen LogP contribution < -0.4 is 4.72 Å². The van der Waals surface area contributed by atoms with Crippen molar-refractivity contribution >= 4 is 38.9 Å². The number of nitrogens with zero attached hydrogens (tertiary/aromatic N) is 3. The lowest BCUT2D eigenvalue weighted by atomic mass is 9.97. The molecule has 142 valence electrons. The molecule has 1 aliphatic heterocycles. The van der Waals surface area contributed by atoms with Crippen LogP contribution in [0.25, 0.3) is 0 Å². The van der Waals surface area contributed by atoms with Gasteiger partial charge in [-0.2, -0.15) is 0 Å². The second-order valence-electron chi connectivity index (χ2n) is 6.08. The first-order valence-electron chi connectivity index (χ1n) is 7.91. The van der Waals surface area contributed by atoms with Gasteiger partial charge in [0.25, 0.3) is 0 Å². The molecule has 1 aromatic heterocycles. The van der Waals surface area contributed by atoms with Gasteiger partial charge < -0.3 is 5.21 Å². The van der Waals surface area contributed by atoms with Gasteiger partial charge in [0.2, 0.25) is 10.0 Å². The van der Waals surface area contributed by atoms with Gasteiger partial charge in [0.1, 0.15) is 5.82 Å². The van der Waals surface area contributed by atoms with Crippen LogP contribution in [0.2, 0.25) is 5.02 Å². The number of aliphatic imine (C=N–C) groups is 1. The maximum atomic E-state index is 13.3. The molecule has 0 spiro atoms. The number of fused-ring (bicyclic) bond motifs is 1. The zero-order valence-electron chi connectivity index (χ0n) is 14.3. The Morgan fingerprint density at radius 3 is 2.85 bits per heavy atom. The molecule has 0 saturated carbocycles. The van der Waals surface area contributed by atoms with Gasteiger partial charge in [-0.15, -0.1) is 0 Å². The molecule has 27 heavy (non-hydrogen) atoms. The van der Waals surface area contributed by atoms with Gasteiger partial charge in [-0.3, -0.25) is 0 Å². The maximum absolute atomic E-state index is 13.3. The van der Waals surface area contributed by atoms with Crippen LogP contribution in [0, 0.1) is 5.82 Å². The number of benzene rings is 1. The number of aromatic nitrogens is 1. The van der Waals surface area contributed by atoms with Crippen LogP contribution in [0.15, 0.2) is 40.6 Å². The number of hydrogen-bond acceptors (Lipinski definition) is 6. The minimum absolute atomic E-state index is 0.0118. The van der Waals surface area contributed by atoms with Crippen molar-refractivity contribution in [2.45, 2.75) is 12.8 Å². The fourth-order valence-corrected chi connectivity index (χ4v) is 3.39. The normalized spacial score (nSPS) is 14.2. The largest absolute Gasteiger partial charge is 0.411 e. The van der Waals surface area contributed by atoms with Crippen LogP contribution >= 0.6 is 11.6 Å². The van der Waals surface area contributed by atoms with Crippen LogP contribution in [0.1, 0.15) is 16.7 Å². The quantitative estimate of drug-likeness (QED) is 0.433. The highest BCUT2D eigenvalue weighted by Crippen LogP contribution is 2.28.